The van der Waals surface area contributed by atoms with Crippen molar-refractivity contribution in [2.75, 3.05) is 25.5 Å². The molecule has 1 fully saturated rings. The number of carbonyl (C=O) groups excluding carboxylic acids is 2. The number of nitrogens with one attached hydrogen (secondary N) is 1. The standard InChI is InChI=1S/C22H24ClFN2O3/c1-14-6-7-16(22(28)29-2)12-20(14)25-21(27)15-8-10-26(11-9-15)13-17-18(23)4-3-5-19(17)24/h3-7,12,15H,8-11,13H2,1-2H3,(H,25,27). The number of rotatable bonds is 5. The molecule has 0 atom stereocenters. The molecule has 0 aliphatic carbocycles. The Bertz CT molecular complexity index is 891. The van der Waals surface area contributed by atoms with Gasteiger partial charge >= 0.3 is 5.97 Å². The number of likely N-dealkylation sites (tertiary alicyclic amines) is 1. The molecule has 29 heavy (non-hydrogen) atoms. The molecule has 3 rings (SSSR count). The van der Waals surface area contributed by atoms with Gasteiger partial charge in [0.2, 0.25) is 5.91 Å². The van der Waals surface area contributed by atoms with Crippen molar-refractivity contribution in [2.24, 2.45) is 5.92 Å². The molecular weight excluding hydrogens is 395 g/mol. The second-order valence-electron chi connectivity index (χ2n) is 7.26. The van der Waals surface area contributed by atoms with Crippen LogP contribution in [0.2, 0.25) is 5.02 Å². The molecule has 0 bridgehead atoms. The first-order chi connectivity index (χ1) is 13.9. The number of benzene rings is 2. The van der Waals surface area contributed by atoms with Crippen LogP contribution in [0.5, 0.6) is 0 Å². The SMILES string of the molecule is COC(=O)c1ccc(C)c(NC(=O)C2CCN(Cc3c(F)cccc3Cl)CC2)c1. The van der Waals surface area contributed by atoms with Gasteiger partial charge in [0.25, 0.3) is 0 Å². The Morgan fingerprint density at radius 1 is 1.24 bits per heavy atom. The maximum atomic E-state index is 14.0. The molecule has 2 aromatic carbocycles. The van der Waals surface area contributed by atoms with Crippen LogP contribution < -0.4 is 5.32 Å². The molecule has 7 heteroatoms. The zero-order chi connectivity index (χ0) is 21.0. The van der Waals surface area contributed by atoms with Gasteiger partial charge in [0.05, 0.1) is 12.7 Å². The van der Waals surface area contributed by atoms with Crippen LogP contribution in [-0.2, 0) is 16.1 Å². The predicted molar refractivity (Wildman–Crippen MR) is 111 cm³/mol. The summed E-state index contributed by atoms with van der Waals surface area (Å²) in [5.74, 6) is -0.957. The molecule has 2 aromatic rings. The van der Waals surface area contributed by atoms with Gasteiger partial charge in [-0.3, -0.25) is 9.69 Å². The van der Waals surface area contributed by atoms with Crippen LogP contribution in [-0.4, -0.2) is 37.0 Å². The number of hydrogen-bond acceptors (Lipinski definition) is 4. The van der Waals surface area contributed by atoms with E-state index in [-0.39, 0.29) is 17.6 Å². The average Bonchev–Trinajstić information content (AvgIpc) is 2.72. The zero-order valence-corrected chi connectivity index (χ0v) is 17.3. The van der Waals surface area contributed by atoms with Gasteiger partial charge in [0.1, 0.15) is 5.82 Å². The minimum absolute atomic E-state index is 0.0707. The summed E-state index contributed by atoms with van der Waals surface area (Å²) in [5.41, 5.74) is 2.37. The maximum Gasteiger partial charge on any atom is 0.337 e. The minimum atomic E-state index is -0.444. The molecule has 0 saturated carbocycles. The van der Waals surface area contributed by atoms with E-state index in [1.807, 2.05) is 6.92 Å². The van der Waals surface area contributed by atoms with E-state index in [0.717, 1.165) is 5.56 Å². The van der Waals surface area contributed by atoms with Crippen molar-refractivity contribution < 1.29 is 18.7 Å². The lowest BCUT2D eigenvalue weighted by Gasteiger charge is -2.31. The summed E-state index contributed by atoms with van der Waals surface area (Å²) in [6.07, 6.45) is 1.35. The number of anilines is 1. The number of hydrogen-bond donors (Lipinski definition) is 1. The highest BCUT2D eigenvalue weighted by atomic mass is 35.5. The Morgan fingerprint density at radius 3 is 2.62 bits per heavy atom. The van der Waals surface area contributed by atoms with Crippen molar-refractivity contribution >= 4 is 29.2 Å². The fourth-order valence-electron chi connectivity index (χ4n) is 3.50. The molecule has 0 aromatic heterocycles. The van der Waals surface area contributed by atoms with Crippen LogP contribution in [0, 0.1) is 18.7 Å². The second-order valence-corrected chi connectivity index (χ2v) is 7.67. The van der Waals surface area contributed by atoms with Crippen LogP contribution >= 0.6 is 11.6 Å². The van der Waals surface area contributed by atoms with Gasteiger partial charge < -0.3 is 10.1 Å². The summed E-state index contributed by atoms with van der Waals surface area (Å²) < 4.78 is 18.7. The van der Waals surface area contributed by atoms with Crippen molar-refractivity contribution in [1.82, 2.24) is 4.90 Å². The highest BCUT2D eigenvalue weighted by molar-refractivity contribution is 6.31. The van der Waals surface area contributed by atoms with Crippen molar-refractivity contribution in [3.05, 3.63) is 63.9 Å². The average molecular weight is 419 g/mol. The normalized spacial score (nSPS) is 15.2. The fraction of sp³-hybridized carbons (Fsp3) is 0.364. The number of esters is 1. The summed E-state index contributed by atoms with van der Waals surface area (Å²) in [6.45, 7) is 3.67. The van der Waals surface area contributed by atoms with Gasteiger partial charge in [-0.25, -0.2) is 9.18 Å². The van der Waals surface area contributed by atoms with Crippen molar-refractivity contribution in [2.45, 2.75) is 26.3 Å². The zero-order valence-electron chi connectivity index (χ0n) is 16.5. The van der Waals surface area contributed by atoms with E-state index in [0.29, 0.717) is 54.3 Å². The highest BCUT2D eigenvalue weighted by Gasteiger charge is 2.26. The van der Waals surface area contributed by atoms with Crippen LogP contribution in [0.25, 0.3) is 0 Å². The molecule has 0 spiro atoms. The third-order valence-electron chi connectivity index (χ3n) is 5.32. The van der Waals surface area contributed by atoms with E-state index in [9.17, 15) is 14.0 Å². The number of amides is 1. The lowest BCUT2D eigenvalue weighted by Crippen LogP contribution is -2.38. The molecule has 1 heterocycles. The van der Waals surface area contributed by atoms with Crippen LogP contribution in [0.1, 0.15) is 34.3 Å². The first-order valence-corrected chi connectivity index (χ1v) is 9.92. The lowest BCUT2D eigenvalue weighted by atomic mass is 9.95. The first kappa shape index (κ1) is 21.3. The monoisotopic (exact) mass is 418 g/mol. The molecule has 0 radical (unpaired) electrons. The Kier molecular flexibility index (Phi) is 6.87. The predicted octanol–water partition coefficient (Wildman–Crippen LogP) is 4.42. The Hall–Kier alpha value is -2.44. The second kappa shape index (κ2) is 9.37. The van der Waals surface area contributed by atoms with E-state index >= 15 is 0 Å². The molecule has 1 amide bonds. The summed E-state index contributed by atoms with van der Waals surface area (Å²) in [7, 11) is 1.32. The van der Waals surface area contributed by atoms with Gasteiger partial charge in [0, 0.05) is 28.7 Å². The summed E-state index contributed by atoms with van der Waals surface area (Å²) >= 11 is 6.11. The molecule has 5 nitrogen and oxygen atoms in total. The first-order valence-electron chi connectivity index (χ1n) is 9.54. The molecule has 0 unspecified atom stereocenters. The van der Waals surface area contributed by atoms with E-state index < -0.39 is 5.97 Å². The van der Waals surface area contributed by atoms with Crippen molar-refractivity contribution in [3.63, 3.8) is 0 Å². The Balaban J connectivity index is 1.59. The van der Waals surface area contributed by atoms with Crippen molar-refractivity contribution in [1.29, 1.82) is 0 Å². The molecule has 1 N–H and O–H groups in total. The summed E-state index contributed by atoms with van der Waals surface area (Å²) in [5, 5.41) is 3.36. The van der Waals surface area contributed by atoms with Crippen LogP contribution in [0.3, 0.4) is 0 Å². The van der Waals surface area contributed by atoms with Gasteiger partial charge in [0.15, 0.2) is 0 Å². The van der Waals surface area contributed by atoms with E-state index in [4.69, 9.17) is 16.3 Å². The molecule has 154 valence electrons. The van der Waals surface area contributed by atoms with Gasteiger partial charge in [-0.1, -0.05) is 23.7 Å². The molecule has 1 aliphatic rings. The highest BCUT2D eigenvalue weighted by Crippen LogP contribution is 2.26. The molecule has 1 aliphatic heterocycles. The lowest BCUT2D eigenvalue weighted by molar-refractivity contribution is -0.121. The van der Waals surface area contributed by atoms with E-state index in [2.05, 4.69) is 10.2 Å². The topological polar surface area (TPSA) is 58.6 Å². The Morgan fingerprint density at radius 2 is 1.97 bits per heavy atom. The van der Waals surface area contributed by atoms with Crippen LogP contribution in [0.4, 0.5) is 10.1 Å². The third kappa shape index (κ3) is 5.14. The van der Waals surface area contributed by atoms with E-state index in [1.54, 1.807) is 30.3 Å². The van der Waals surface area contributed by atoms with E-state index in [1.165, 1.54) is 13.2 Å². The van der Waals surface area contributed by atoms with Gasteiger partial charge in [-0.2, -0.15) is 0 Å². The molecule has 1 saturated heterocycles. The van der Waals surface area contributed by atoms with Gasteiger partial charge in [-0.05, 0) is 62.7 Å². The number of nitrogens with zero attached hydrogens (tertiary/aromatic N) is 1. The number of methoxy groups -OCH3 is 1. The molecular formula is C22H24ClFN2O3. The van der Waals surface area contributed by atoms with Crippen LogP contribution in [0.15, 0.2) is 36.4 Å². The quantitative estimate of drug-likeness (QED) is 0.730. The smallest absolute Gasteiger partial charge is 0.337 e. The minimum Gasteiger partial charge on any atom is -0.465 e. The Labute approximate surface area is 174 Å². The number of piperidine rings is 1. The van der Waals surface area contributed by atoms with Crippen molar-refractivity contribution in [3.8, 4) is 0 Å². The third-order valence-corrected chi connectivity index (χ3v) is 5.67. The number of halogens is 2. The summed E-state index contributed by atoms with van der Waals surface area (Å²) in [6, 6.07) is 9.77. The number of aryl methyl sites for hydroxylation is 1. The fourth-order valence-corrected chi connectivity index (χ4v) is 3.72. The summed E-state index contributed by atoms with van der Waals surface area (Å²) in [4.78, 5) is 26.5. The number of ether oxygens (including phenoxy) is 1. The maximum absolute atomic E-state index is 14.0. The van der Waals surface area contributed by atoms with Gasteiger partial charge in [-0.15, -0.1) is 0 Å². The largest absolute Gasteiger partial charge is 0.465 e. The number of carbonyl (C=O) groups is 2.